The molecule has 4 heteroatoms. The maximum atomic E-state index is 13.6. The van der Waals surface area contributed by atoms with Gasteiger partial charge in [-0.3, -0.25) is 0 Å². The van der Waals surface area contributed by atoms with E-state index in [1.54, 1.807) is 12.1 Å². The van der Waals surface area contributed by atoms with Crippen molar-refractivity contribution in [3.63, 3.8) is 0 Å². The predicted octanol–water partition coefficient (Wildman–Crippen LogP) is 4.68. The van der Waals surface area contributed by atoms with Crippen LogP contribution in [0.5, 0.6) is 0 Å². The molecule has 0 fully saturated rings. The zero-order valence-corrected chi connectivity index (χ0v) is 11.7. The Morgan fingerprint density at radius 2 is 2.05 bits per heavy atom. The van der Waals surface area contributed by atoms with Crippen molar-refractivity contribution in [2.75, 3.05) is 5.32 Å². The minimum Gasteiger partial charge on any atom is -0.378 e. The van der Waals surface area contributed by atoms with Crippen LogP contribution >= 0.6 is 15.9 Å². The van der Waals surface area contributed by atoms with Crippen molar-refractivity contribution in [3.8, 4) is 0 Å². The zero-order valence-electron chi connectivity index (χ0n) is 10.1. The van der Waals surface area contributed by atoms with E-state index in [9.17, 15) is 4.39 Å². The lowest BCUT2D eigenvalue weighted by Gasteiger charge is -2.09. The molecule has 2 nitrogen and oxygen atoms in total. The van der Waals surface area contributed by atoms with Gasteiger partial charge < -0.3 is 10.3 Å². The van der Waals surface area contributed by atoms with Gasteiger partial charge in [0.15, 0.2) is 0 Å². The molecule has 96 valence electrons. The van der Waals surface area contributed by atoms with Crippen LogP contribution in [0.2, 0.25) is 0 Å². The molecular formula is C15H12BrFN2. The first-order chi connectivity index (χ1) is 9.24. The number of H-pyrrole nitrogens is 1. The molecule has 0 saturated carbocycles. The third-order valence-electron chi connectivity index (χ3n) is 3.07. The third kappa shape index (κ3) is 2.49. The molecule has 0 unspecified atom stereocenters. The van der Waals surface area contributed by atoms with E-state index in [0.29, 0.717) is 12.2 Å². The van der Waals surface area contributed by atoms with Gasteiger partial charge in [0.05, 0.1) is 11.2 Å². The van der Waals surface area contributed by atoms with E-state index in [1.165, 1.54) is 6.07 Å². The molecule has 0 radical (unpaired) electrons. The van der Waals surface area contributed by atoms with Gasteiger partial charge in [0.25, 0.3) is 0 Å². The van der Waals surface area contributed by atoms with Gasteiger partial charge in [-0.1, -0.05) is 34.1 Å². The lowest BCUT2D eigenvalue weighted by molar-refractivity contribution is 0.630. The summed E-state index contributed by atoms with van der Waals surface area (Å²) in [7, 11) is 0. The molecule has 0 bridgehead atoms. The third-order valence-corrected chi connectivity index (χ3v) is 3.56. The first kappa shape index (κ1) is 12.2. The highest BCUT2D eigenvalue weighted by atomic mass is 79.9. The van der Waals surface area contributed by atoms with E-state index in [4.69, 9.17) is 0 Å². The largest absolute Gasteiger partial charge is 0.378 e. The van der Waals surface area contributed by atoms with Crippen LogP contribution in [0, 0.1) is 5.82 Å². The summed E-state index contributed by atoms with van der Waals surface area (Å²) in [5.74, 6) is -0.248. The van der Waals surface area contributed by atoms with Crippen LogP contribution in [-0.2, 0) is 6.54 Å². The Hall–Kier alpha value is -1.81. The zero-order chi connectivity index (χ0) is 13.2. The molecule has 3 aromatic rings. The number of hydrogen-bond donors (Lipinski definition) is 2. The van der Waals surface area contributed by atoms with Gasteiger partial charge in [0.1, 0.15) is 5.82 Å². The molecule has 0 aliphatic rings. The number of para-hydroxylation sites is 1. The van der Waals surface area contributed by atoms with Gasteiger partial charge in [-0.2, -0.15) is 0 Å². The van der Waals surface area contributed by atoms with Gasteiger partial charge in [-0.15, -0.1) is 0 Å². The van der Waals surface area contributed by atoms with E-state index >= 15 is 0 Å². The van der Waals surface area contributed by atoms with Crippen LogP contribution in [0.3, 0.4) is 0 Å². The van der Waals surface area contributed by atoms with Gasteiger partial charge in [0.2, 0.25) is 0 Å². The number of benzene rings is 2. The Morgan fingerprint density at radius 3 is 2.95 bits per heavy atom. The molecule has 0 aliphatic heterocycles. The summed E-state index contributed by atoms with van der Waals surface area (Å²) in [6.45, 7) is 0.575. The Labute approximate surface area is 118 Å². The van der Waals surface area contributed by atoms with E-state index < -0.39 is 0 Å². The first-order valence-electron chi connectivity index (χ1n) is 5.98. The number of hydrogen-bond acceptors (Lipinski definition) is 1. The van der Waals surface area contributed by atoms with E-state index in [-0.39, 0.29) is 5.82 Å². The number of nitrogens with one attached hydrogen (secondary N) is 2. The van der Waals surface area contributed by atoms with Gasteiger partial charge in [0, 0.05) is 17.2 Å². The highest BCUT2D eigenvalue weighted by molar-refractivity contribution is 9.10. The minimum atomic E-state index is -0.248. The van der Waals surface area contributed by atoms with E-state index in [2.05, 4.69) is 32.3 Å². The van der Waals surface area contributed by atoms with Gasteiger partial charge in [-0.25, -0.2) is 4.39 Å². The molecule has 0 atom stereocenters. The molecule has 0 saturated heterocycles. The van der Waals surface area contributed by atoms with Crippen LogP contribution in [0.4, 0.5) is 10.1 Å². The highest BCUT2D eigenvalue weighted by Gasteiger charge is 2.05. The van der Waals surface area contributed by atoms with Gasteiger partial charge in [-0.05, 0) is 35.2 Å². The standard InChI is InChI=1S/C15H12BrFN2/c16-12-4-5-13(17)14(8-12)19-9-11-3-1-2-10-6-7-18-15(10)11/h1-8,18-19H,9H2. The van der Waals surface area contributed by atoms with Crippen molar-refractivity contribution >= 4 is 32.5 Å². The Kier molecular flexibility index (Phi) is 3.25. The number of rotatable bonds is 3. The predicted molar refractivity (Wildman–Crippen MR) is 79.7 cm³/mol. The fourth-order valence-electron chi connectivity index (χ4n) is 2.12. The van der Waals surface area contributed by atoms with Crippen molar-refractivity contribution in [1.82, 2.24) is 4.98 Å². The molecule has 2 aromatic carbocycles. The minimum absolute atomic E-state index is 0.248. The fourth-order valence-corrected chi connectivity index (χ4v) is 2.48. The summed E-state index contributed by atoms with van der Waals surface area (Å²) < 4.78 is 14.5. The quantitative estimate of drug-likeness (QED) is 0.721. The van der Waals surface area contributed by atoms with E-state index in [1.807, 2.05) is 24.4 Å². The Morgan fingerprint density at radius 1 is 1.16 bits per heavy atom. The van der Waals surface area contributed by atoms with Crippen LogP contribution in [-0.4, -0.2) is 4.98 Å². The smallest absolute Gasteiger partial charge is 0.146 e. The second-order valence-electron chi connectivity index (χ2n) is 4.34. The molecule has 19 heavy (non-hydrogen) atoms. The van der Waals surface area contributed by atoms with Crippen LogP contribution < -0.4 is 5.32 Å². The van der Waals surface area contributed by atoms with Crippen molar-refractivity contribution in [3.05, 3.63) is 64.5 Å². The molecule has 1 aromatic heterocycles. The summed E-state index contributed by atoms with van der Waals surface area (Å²) in [6.07, 6.45) is 1.91. The SMILES string of the molecule is Fc1ccc(Br)cc1NCc1cccc2cc[nH]c12. The summed E-state index contributed by atoms with van der Waals surface area (Å²) in [5.41, 5.74) is 2.70. The Balaban J connectivity index is 1.86. The number of halogens is 2. The molecule has 2 N–H and O–H groups in total. The average Bonchev–Trinajstić information content (AvgIpc) is 2.88. The molecule has 1 heterocycles. The van der Waals surface area contributed by atoms with Crippen molar-refractivity contribution < 1.29 is 4.39 Å². The molecule has 0 aliphatic carbocycles. The van der Waals surface area contributed by atoms with Crippen LogP contribution in [0.25, 0.3) is 10.9 Å². The lowest BCUT2D eigenvalue weighted by Crippen LogP contribution is -2.02. The number of aromatic nitrogens is 1. The lowest BCUT2D eigenvalue weighted by atomic mass is 10.1. The number of fused-ring (bicyclic) bond motifs is 1. The molecule has 0 amide bonds. The first-order valence-corrected chi connectivity index (χ1v) is 6.77. The van der Waals surface area contributed by atoms with Gasteiger partial charge >= 0.3 is 0 Å². The molecule has 0 spiro atoms. The monoisotopic (exact) mass is 318 g/mol. The molecular weight excluding hydrogens is 307 g/mol. The maximum Gasteiger partial charge on any atom is 0.146 e. The number of aromatic amines is 1. The van der Waals surface area contributed by atoms with Crippen LogP contribution in [0.1, 0.15) is 5.56 Å². The van der Waals surface area contributed by atoms with Crippen LogP contribution in [0.15, 0.2) is 53.1 Å². The van der Waals surface area contributed by atoms with Crippen molar-refractivity contribution in [1.29, 1.82) is 0 Å². The summed E-state index contributed by atoms with van der Waals surface area (Å²) in [6, 6.07) is 13.0. The highest BCUT2D eigenvalue weighted by Crippen LogP contribution is 2.22. The number of anilines is 1. The summed E-state index contributed by atoms with van der Waals surface area (Å²) >= 11 is 3.34. The summed E-state index contributed by atoms with van der Waals surface area (Å²) in [5, 5.41) is 4.29. The maximum absolute atomic E-state index is 13.6. The molecule has 3 rings (SSSR count). The normalized spacial score (nSPS) is 10.8. The summed E-state index contributed by atoms with van der Waals surface area (Å²) in [4.78, 5) is 3.21. The fraction of sp³-hybridized carbons (Fsp3) is 0.0667. The van der Waals surface area contributed by atoms with Crippen molar-refractivity contribution in [2.24, 2.45) is 0 Å². The van der Waals surface area contributed by atoms with E-state index in [0.717, 1.165) is 20.9 Å². The Bertz CT molecular complexity index is 721. The second-order valence-corrected chi connectivity index (χ2v) is 5.25. The van der Waals surface area contributed by atoms with Crippen molar-refractivity contribution in [2.45, 2.75) is 6.54 Å². The topological polar surface area (TPSA) is 27.8 Å². The second kappa shape index (κ2) is 5.05. The average molecular weight is 319 g/mol.